The molecule has 0 saturated carbocycles. The zero-order valence-electron chi connectivity index (χ0n) is 7.90. The van der Waals surface area contributed by atoms with Crippen molar-refractivity contribution in [1.29, 1.82) is 0 Å². The average molecular weight is 186 g/mol. The molecule has 74 valence electrons. The molecule has 6 heteroatoms. The van der Waals surface area contributed by atoms with E-state index in [1.807, 2.05) is 0 Å². The van der Waals surface area contributed by atoms with Crippen LogP contribution in [0.4, 0.5) is 0 Å². The van der Waals surface area contributed by atoms with E-state index in [0.717, 1.165) is 0 Å². The van der Waals surface area contributed by atoms with Gasteiger partial charge in [-0.25, -0.2) is 0 Å². The van der Waals surface area contributed by atoms with E-state index in [4.69, 9.17) is 15.8 Å². The summed E-state index contributed by atoms with van der Waals surface area (Å²) >= 11 is 0. The van der Waals surface area contributed by atoms with Crippen LogP contribution in [0.3, 0.4) is 0 Å². The van der Waals surface area contributed by atoms with Crippen molar-refractivity contribution >= 4 is 13.0 Å². The van der Waals surface area contributed by atoms with E-state index in [-0.39, 0.29) is 5.91 Å². The number of hydrogen-bond donors (Lipinski definition) is 3. The number of carbonyl (C=O) groups excluding carboxylic acids is 1. The highest BCUT2D eigenvalue weighted by molar-refractivity contribution is 6.43. The van der Waals surface area contributed by atoms with Gasteiger partial charge in [-0.2, -0.15) is 0 Å². The molecule has 1 fully saturated rings. The number of hydrogen-bond acceptors (Lipinski definition) is 4. The SMILES string of the molecule is C[C@@H](B(O)O)N1CCC(C)(N)C1=O. The van der Waals surface area contributed by atoms with Gasteiger partial charge in [-0.3, -0.25) is 4.79 Å². The van der Waals surface area contributed by atoms with Gasteiger partial charge in [0.1, 0.15) is 0 Å². The topological polar surface area (TPSA) is 86.8 Å². The highest BCUT2D eigenvalue weighted by atomic mass is 16.4. The summed E-state index contributed by atoms with van der Waals surface area (Å²) in [5.74, 6) is -0.800. The van der Waals surface area contributed by atoms with Crippen molar-refractivity contribution in [3.8, 4) is 0 Å². The molecule has 1 rings (SSSR count). The lowest BCUT2D eigenvalue weighted by Crippen LogP contribution is -2.51. The van der Waals surface area contributed by atoms with Crippen molar-refractivity contribution in [2.24, 2.45) is 5.73 Å². The van der Waals surface area contributed by atoms with E-state index in [1.54, 1.807) is 13.8 Å². The molecule has 1 heterocycles. The normalized spacial score (nSPS) is 30.8. The summed E-state index contributed by atoms with van der Waals surface area (Å²) in [7, 11) is -1.50. The predicted octanol–water partition coefficient (Wildman–Crippen LogP) is -1.66. The third-order valence-corrected chi connectivity index (χ3v) is 2.54. The number of nitrogens with zero attached hydrogens (tertiary/aromatic N) is 1. The maximum atomic E-state index is 11.6. The number of amides is 1. The zero-order valence-corrected chi connectivity index (χ0v) is 7.90. The quantitative estimate of drug-likeness (QED) is 0.450. The van der Waals surface area contributed by atoms with Gasteiger partial charge < -0.3 is 20.7 Å². The second-order valence-corrected chi connectivity index (χ2v) is 3.82. The molecular weight excluding hydrogens is 171 g/mol. The number of carbonyl (C=O) groups is 1. The van der Waals surface area contributed by atoms with Gasteiger partial charge in [0.05, 0.1) is 11.5 Å². The fraction of sp³-hybridized carbons (Fsp3) is 0.857. The summed E-state index contributed by atoms with van der Waals surface area (Å²) in [6.45, 7) is 3.74. The van der Waals surface area contributed by atoms with Crippen LogP contribution in [0.1, 0.15) is 20.3 Å². The Morgan fingerprint density at radius 3 is 2.54 bits per heavy atom. The van der Waals surface area contributed by atoms with Crippen LogP contribution in [0.5, 0.6) is 0 Å². The number of likely N-dealkylation sites (tertiary alicyclic amines) is 1. The van der Waals surface area contributed by atoms with Gasteiger partial charge in [-0.1, -0.05) is 0 Å². The van der Waals surface area contributed by atoms with Crippen molar-refractivity contribution in [1.82, 2.24) is 4.90 Å². The summed E-state index contributed by atoms with van der Waals surface area (Å²) in [5, 5.41) is 17.8. The Balaban J connectivity index is 2.71. The van der Waals surface area contributed by atoms with Crippen LogP contribution < -0.4 is 5.73 Å². The Hall–Kier alpha value is -0.585. The summed E-state index contributed by atoms with van der Waals surface area (Å²) in [6.07, 6.45) is 0.558. The molecule has 5 nitrogen and oxygen atoms in total. The Bertz CT molecular complexity index is 220. The molecule has 1 saturated heterocycles. The van der Waals surface area contributed by atoms with Crippen LogP contribution in [-0.4, -0.2) is 46.0 Å². The van der Waals surface area contributed by atoms with Crippen molar-refractivity contribution in [3.63, 3.8) is 0 Å². The Labute approximate surface area is 77.7 Å². The first-order valence-corrected chi connectivity index (χ1v) is 4.32. The molecule has 0 aromatic carbocycles. The molecule has 0 bridgehead atoms. The minimum atomic E-state index is -1.50. The summed E-state index contributed by atoms with van der Waals surface area (Å²) < 4.78 is 0. The average Bonchev–Trinajstić information content (AvgIpc) is 2.27. The maximum Gasteiger partial charge on any atom is 0.475 e. The van der Waals surface area contributed by atoms with E-state index in [9.17, 15) is 4.79 Å². The van der Waals surface area contributed by atoms with Crippen LogP contribution in [0.2, 0.25) is 0 Å². The van der Waals surface area contributed by atoms with Crippen molar-refractivity contribution in [2.75, 3.05) is 6.54 Å². The predicted molar refractivity (Wildman–Crippen MR) is 48.6 cm³/mol. The standard InChI is InChI=1S/C7H15BN2O3/c1-5(8(12)13)10-4-3-7(2,9)6(10)11/h5,12-13H,3-4,9H2,1-2H3/t5-,7?/m0/s1. The van der Waals surface area contributed by atoms with E-state index < -0.39 is 18.6 Å². The molecule has 1 aliphatic rings. The number of rotatable bonds is 2. The van der Waals surface area contributed by atoms with Gasteiger partial charge in [0.2, 0.25) is 5.91 Å². The Morgan fingerprint density at radius 1 is 1.69 bits per heavy atom. The van der Waals surface area contributed by atoms with Gasteiger partial charge >= 0.3 is 7.12 Å². The minimum absolute atomic E-state index is 0.215. The maximum absolute atomic E-state index is 11.6. The molecule has 0 aromatic heterocycles. The molecule has 13 heavy (non-hydrogen) atoms. The monoisotopic (exact) mass is 186 g/mol. The molecule has 2 atom stereocenters. The smallest absolute Gasteiger partial charge is 0.426 e. The second-order valence-electron chi connectivity index (χ2n) is 3.82. The van der Waals surface area contributed by atoms with Gasteiger partial charge in [0.15, 0.2) is 0 Å². The second kappa shape index (κ2) is 3.28. The summed E-state index contributed by atoms with van der Waals surface area (Å²) in [4.78, 5) is 13.0. The Morgan fingerprint density at radius 2 is 2.23 bits per heavy atom. The molecular formula is C7H15BN2O3. The van der Waals surface area contributed by atoms with Gasteiger partial charge in [0.25, 0.3) is 0 Å². The van der Waals surface area contributed by atoms with Crippen LogP contribution >= 0.6 is 0 Å². The van der Waals surface area contributed by atoms with Crippen molar-refractivity contribution in [2.45, 2.75) is 31.7 Å². The lowest BCUT2D eigenvalue weighted by Gasteiger charge is -2.25. The molecule has 0 radical (unpaired) electrons. The highest BCUT2D eigenvalue weighted by Gasteiger charge is 2.43. The van der Waals surface area contributed by atoms with Gasteiger partial charge in [-0.15, -0.1) is 0 Å². The molecule has 4 N–H and O–H groups in total. The third kappa shape index (κ3) is 1.85. The number of nitrogens with two attached hydrogens (primary N) is 1. The zero-order chi connectivity index (χ0) is 10.2. The largest absolute Gasteiger partial charge is 0.475 e. The van der Waals surface area contributed by atoms with Crippen LogP contribution in [0.15, 0.2) is 0 Å². The lowest BCUT2D eigenvalue weighted by molar-refractivity contribution is -0.132. The van der Waals surface area contributed by atoms with Crippen LogP contribution in [-0.2, 0) is 4.79 Å². The molecule has 1 aliphatic heterocycles. The third-order valence-electron chi connectivity index (χ3n) is 2.54. The fourth-order valence-corrected chi connectivity index (χ4v) is 1.44. The molecule has 0 aromatic rings. The fourth-order valence-electron chi connectivity index (χ4n) is 1.44. The van der Waals surface area contributed by atoms with Crippen LogP contribution in [0.25, 0.3) is 0 Å². The first-order chi connectivity index (χ1) is 5.86. The van der Waals surface area contributed by atoms with E-state index >= 15 is 0 Å². The summed E-state index contributed by atoms with van der Waals surface area (Å²) in [6, 6.07) is 0. The van der Waals surface area contributed by atoms with Crippen LogP contribution in [0, 0.1) is 0 Å². The minimum Gasteiger partial charge on any atom is -0.426 e. The lowest BCUT2D eigenvalue weighted by atomic mass is 9.80. The first-order valence-electron chi connectivity index (χ1n) is 4.32. The van der Waals surface area contributed by atoms with Gasteiger partial charge in [0, 0.05) is 6.54 Å². The molecule has 1 unspecified atom stereocenters. The van der Waals surface area contributed by atoms with Crippen molar-refractivity contribution < 1.29 is 14.8 Å². The highest BCUT2D eigenvalue weighted by Crippen LogP contribution is 2.21. The molecule has 1 amide bonds. The molecule has 0 spiro atoms. The van der Waals surface area contributed by atoms with Crippen molar-refractivity contribution in [3.05, 3.63) is 0 Å². The first kappa shape index (κ1) is 10.5. The van der Waals surface area contributed by atoms with E-state index in [0.29, 0.717) is 13.0 Å². The van der Waals surface area contributed by atoms with E-state index in [2.05, 4.69) is 0 Å². The van der Waals surface area contributed by atoms with Gasteiger partial charge in [-0.05, 0) is 20.3 Å². The summed E-state index contributed by atoms with van der Waals surface area (Å²) in [5.41, 5.74) is 4.85. The Kier molecular flexibility index (Phi) is 2.65. The van der Waals surface area contributed by atoms with E-state index in [1.165, 1.54) is 4.90 Å². The molecule has 0 aliphatic carbocycles.